The molecule has 0 unspecified atom stereocenters. The molecule has 0 aliphatic heterocycles. The molecule has 35 heavy (non-hydrogen) atoms. The second kappa shape index (κ2) is 12.6. The van der Waals surface area contributed by atoms with Crippen LogP contribution in [-0.4, -0.2) is 24.6 Å². The molecule has 0 radical (unpaired) electrons. The molecule has 2 amide bonds. The molecule has 0 heterocycles. The Morgan fingerprint density at radius 1 is 1.09 bits per heavy atom. The number of rotatable bonds is 8. The molecule has 0 spiro atoms. The summed E-state index contributed by atoms with van der Waals surface area (Å²) in [7, 11) is 0. The summed E-state index contributed by atoms with van der Waals surface area (Å²) in [6.07, 6.45) is 1.38. The lowest BCUT2D eigenvalue weighted by Gasteiger charge is -2.14. The summed E-state index contributed by atoms with van der Waals surface area (Å²) in [5.41, 5.74) is 4.55. The topological polar surface area (TPSA) is 113 Å². The standard InChI is InChI=1S/C25H20BrClN4O4/c1-2-34-22-12-18(11-21(26)23(22)35-15-17-3-7-19(27)8-4-17)14-29-31-25(33)24(32)30-20-9-5-16(13-28)6-10-20/h3-12,14H,2,15H2,1H3,(H,30,32)(H,31,33)/b29-14+. The highest BCUT2D eigenvalue weighted by atomic mass is 79.9. The van der Waals surface area contributed by atoms with Gasteiger partial charge in [0.25, 0.3) is 0 Å². The molecule has 0 saturated carbocycles. The third kappa shape index (κ3) is 7.57. The van der Waals surface area contributed by atoms with Crippen LogP contribution in [0.25, 0.3) is 0 Å². The van der Waals surface area contributed by atoms with E-state index in [0.29, 0.717) is 51.0 Å². The van der Waals surface area contributed by atoms with E-state index in [1.807, 2.05) is 25.1 Å². The number of amides is 2. The summed E-state index contributed by atoms with van der Waals surface area (Å²) in [4.78, 5) is 24.1. The van der Waals surface area contributed by atoms with Gasteiger partial charge in [-0.2, -0.15) is 10.4 Å². The number of anilines is 1. The molecule has 0 aliphatic carbocycles. The lowest BCUT2D eigenvalue weighted by Crippen LogP contribution is -2.32. The van der Waals surface area contributed by atoms with Crippen LogP contribution in [0, 0.1) is 11.3 Å². The van der Waals surface area contributed by atoms with Crippen LogP contribution in [0.1, 0.15) is 23.6 Å². The normalized spacial score (nSPS) is 10.5. The van der Waals surface area contributed by atoms with Gasteiger partial charge >= 0.3 is 11.8 Å². The first-order chi connectivity index (χ1) is 16.9. The fourth-order valence-corrected chi connectivity index (χ4v) is 3.53. The number of nitrogens with one attached hydrogen (secondary N) is 2. The quantitative estimate of drug-likeness (QED) is 0.230. The molecule has 0 atom stereocenters. The van der Waals surface area contributed by atoms with Crippen LogP contribution in [-0.2, 0) is 16.2 Å². The van der Waals surface area contributed by atoms with Crippen molar-refractivity contribution in [1.82, 2.24) is 5.43 Å². The van der Waals surface area contributed by atoms with Crippen LogP contribution >= 0.6 is 27.5 Å². The SMILES string of the molecule is CCOc1cc(/C=N/NC(=O)C(=O)Nc2ccc(C#N)cc2)cc(Br)c1OCc1ccc(Cl)cc1. The van der Waals surface area contributed by atoms with E-state index in [2.05, 4.69) is 31.8 Å². The van der Waals surface area contributed by atoms with Gasteiger partial charge in [-0.1, -0.05) is 23.7 Å². The van der Waals surface area contributed by atoms with Crippen LogP contribution in [0.15, 0.2) is 70.2 Å². The Bertz CT molecular complexity index is 1270. The molecule has 0 fully saturated rings. The van der Waals surface area contributed by atoms with Crippen LogP contribution in [0.2, 0.25) is 5.02 Å². The lowest BCUT2D eigenvalue weighted by molar-refractivity contribution is -0.136. The largest absolute Gasteiger partial charge is 0.490 e. The van der Waals surface area contributed by atoms with Crippen molar-refractivity contribution < 1.29 is 19.1 Å². The first-order valence-electron chi connectivity index (χ1n) is 10.4. The molecule has 8 nitrogen and oxygen atoms in total. The van der Waals surface area contributed by atoms with Gasteiger partial charge in [-0.15, -0.1) is 0 Å². The average molecular weight is 556 g/mol. The monoisotopic (exact) mass is 554 g/mol. The van der Waals surface area contributed by atoms with E-state index < -0.39 is 11.8 Å². The lowest BCUT2D eigenvalue weighted by atomic mass is 10.2. The molecule has 3 rings (SSSR count). The van der Waals surface area contributed by atoms with E-state index in [9.17, 15) is 9.59 Å². The predicted octanol–water partition coefficient (Wildman–Crippen LogP) is 5.04. The number of hydrazone groups is 1. The number of hydrogen-bond acceptors (Lipinski definition) is 6. The maximum atomic E-state index is 12.0. The van der Waals surface area contributed by atoms with Gasteiger partial charge in [0.15, 0.2) is 11.5 Å². The number of ether oxygens (including phenoxy) is 2. The fraction of sp³-hybridized carbons (Fsp3) is 0.120. The number of nitrogens with zero attached hydrogens (tertiary/aromatic N) is 2. The van der Waals surface area contributed by atoms with Crippen molar-refractivity contribution in [3.63, 3.8) is 0 Å². The van der Waals surface area contributed by atoms with E-state index in [-0.39, 0.29) is 0 Å². The van der Waals surface area contributed by atoms with Crippen molar-refractivity contribution in [2.45, 2.75) is 13.5 Å². The van der Waals surface area contributed by atoms with Crippen molar-refractivity contribution >= 4 is 51.2 Å². The van der Waals surface area contributed by atoms with Gasteiger partial charge in [-0.3, -0.25) is 9.59 Å². The molecule has 0 saturated heterocycles. The minimum Gasteiger partial charge on any atom is -0.490 e. The Kier molecular flexibility index (Phi) is 9.23. The molecule has 3 aromatic carbocycles. The Hall–Kier alpha value is -3.87. The number of benzene rings is 3. The molecule has 2 N–H and O–H groups in total. The maximum Gasteiger partial charge on any atom is 0.329 e. The van der Waals surface area contributed by atoms with Crippen molar-refractivity contribution in [3.8, 4) is 17.6 Å². The summed E-state index contributed by atoms with van der Waals surface area (Å²) >= 11 is 9.41. The van der Waals surface area contributed by atoms with E-state index in [0.717, 1.165) is 5.56 Å². The Labute approximate surface area is 215 Å². The minimum absolute atomic E-state index is 0.313. The number of hydrogen-bond donors (Lipinski definition) is 2. The van der Waals surface area contributed by atoms with Crippen LogP contribution in [0.5, 0.6) is 11.5 Å². The Morgan fingerprint density at radius 2 is 1.80 bits per heavy atom. The molecule has 10 heteroatoms. The van der Waals surface area contributed by atoms with Crippen LogP contribution < -0.4 is 20.2 Å². The predicted molar refractivity (Wildman–Crippen MR) is 137 cm³/mol. The highest BCUT2D eigenvalue weighted by Gasteiger charge is 2.14. The Morgan fingerprint density at radius 3 is 2.46 bits per heavy atom. The molecule has 0 aliphatic rings. The average Bonchev–Trinajstić information content (AvgIpc) is 2.85. The summed E-state index contributed by atoms with van der Waals surface area (Å²) in [5, 5.41) is 15.7. The van der Waals surface area contributed by atoms with E-state index in [4.69, 9.17) is 26.3 Å². The van der Waals surface area contributed by atoms with Crippen LogP contribution in [0.3, 0.4) is 0 Å². The molecular weight excluding hydrogens is 536 g/mol. The van der Waals surface area contributed by atoms with Gasteiger partial charge in [0, 0.05) is 10.7 Å². The van der Waals surface area contributed by atoms with Gasteiger partial charge in [0.1, 0.15) is 6.61 Å². The third-order valence-electron chi connectivity index (χ3n) is 4.49. The van der Waals surface area contributed by atoms with E-state index in [1.54, 1.807) is 24.3 Å². The summed E-state index contributed by atoms with van der Waals surface area (Å²) in [5.74, 6) is -0.835. The number of halogens is 2. The molecular formula is C25H20BrClN4O4. The van der Waals surface area contributed by atoms with Crippen molar-refractivity contribution in [1.29, 1.82) is 5.26 Å². The number of nitriles is 1. The summed E-state index contributed by atoms with van der Waals surface area (Å²) in [6, 6.07) is 18.9. The fourth-order valence-electron chi connectivity index (χ4n) is 2.83. The Balaban J connectivity index is 1.63. The van der Waals surface area contributed by atoms with Gasteiger partial charge in [0.2, 0.25) is 0 Å². The van der Waals surface area contributed by atoms with Crippen molar-refractivity contribution in [2.24, 2.45) is 5.10 Å². The zero-order valence-corrected chi connectivity index (χ0v) is 20.9. The van der Waals surface area contributed by atoms with Crippen molar-refractivity contribution in [2.75, 3.05) is 11.9 Å². The molecule has 0 bridgehead atoms. The third-order valence-corrected chi connectivity index (χ3v) is 5.33. The van der Waals surface area contributed by atoms with Crippen molar-refractivity contribution in [3.05, 3.63) is 86.8 Å². The van der Waals surface area contributed by atoms with Gasteiger partial charge in [-0.05, 0) is 82.5 Å². The smallest absolute Gasteiger partial charge is 0.329 e. The number of carbonyl (C=O) groups excluding carboxylic acids is 2. The van der Waals surface area contributed by atoms with Gasteiger partial charge < -0.3 is 14.8 Å². The molecule has 0 aromatic heterocycles. The summed E-state index contributed by atoms with van der Waals surface area (Å²) < 4.78 is 12.3. The molecule has 3 aromatic rings. The summed E-state index contributed by atoms with van der Waals surface area (Å²) in [6.45, 7) is 2.58. The maximum absolute atomic E-state index is 12.0. The first kappa shape index (κ1) is 25.7. The van der Waals surface area contributed by atoms with Crippen LogP contribution in [0.4, 0.5) is 5.69 Å². The van der Waals surface area contributed by atoms with Gasteiger partial charge in [-0.25, -0.2) is 5.43 Å². The highest BCUT2D eigenvalue weighted by Crippen LogP contribution is 2.37. The molecule has 178 valence electrons. The van der Waals surface area contributed by atoms with Gasteiger partial charge in [0.05, 0.1) is 28.9 Å². The second-order valence-corrected chi connectivity index (χ2v) is 8.31. The highest BCUT2D eigenvalue weighted by molar-refractivity contribution is 9.10. The van der Waals surface area contributed by atoms with E-state index in [1.165, 1.54) is 30.5 Å². The first-order valence-corrected chi connectivity index (χ1v) is 11.5. The second-order valence-electron chi connectivity index (χ2n) is 7.02. The minimum atomic E-state index is -0.947. The zero-order chi connectivity index (χ0) is 25.2. The van der Waals surface area contributed by atoms with E-state index >= 15 is 0 Å². The number of carbonyl (C=O) groups is 2. The zero-order valence-electron chi connectivity index (χ0n) is 18.5.